The number of likely N-dealkylation sites (tertiary alicyclic amines) is 1. The van der Waals surface area contributed by atoms with Crippen molar-refractivity contribution in [3.8, 4) is 5.75 Å². The predicted molar refractivity (Wildman–Crippen MR) is 164 cm³/mol. The minimum Gasteiger partial charge on any atom is -0.497 e. The summed E-state index contributed by atoms with van der Waals surface area (Å²) in [5, 5.41) is 0. The smallest absolute Gasteiger partial charge is 0.232 e. The van der Waals surface area contributed by atoms with Crippen LogP contribution in [0.3, 0.4) is 0 Å². The molecule has 0 aliphatic carbocycles. The highest BCUT2D eigenvalue weighted by atomic mass is 32.2. The van der Waals surface area contributed by atoms with Crippen molar-refractivity contribution in [1.29, 1.82) is 0 Å². The minimum atomic E-state index is -3.41. The van der Waals surface area contributed by atoms with Crippen molar-refractivity contribution in [3.63, 3.8) is 0 Å². The molecule has 0 radical (unpaired) electrons. The van der Waals surface area contributed by atoms with Gasteiger partial charge in [-0.25, -0.2) is 8.42 Å². The first-order valence-corrected chi connectivity index (χ1v) is 16.0. The maximum absolute atomic E-state index is 12.8. The third kappa shape index (κ3) is 7.74. The number of allylic oxidation sites excluding steroid dienone is 1. The molecule has 0 spiro atoms. The molecule has 3 aromatic carbocycles. The highest BCUT2D eigenvalue weighted by Crippen LogP contribution is 2.35. The molecule has 1 saturated heterocycles. The molecule has 0 unspecified atom stereocenters. The van der Waals surface area contributed by atoms with Gasteiger partial charge in [-0.05, 0) is 84.5 Å². The molecule has 0 aromatic heterocycles. The Morgan fingerprint density at radius 3 is 1.92 bits per heavy atom. The van der Waals surface area contributed by atoms with Gasteiger partial charge in [-0.3, -0.25) is 4.31 Å². The fourth-order valence-corrected chi connectivity index (χ4v) is 6.40. The van der Waals surface area contributed by atoms with Gasteiger partial charge >= 0.3 is 0 Å². The molecule has 6 heteroatoms. The molecule has 0 saturated carbocycles. The van der Waals surface area contributed by atoms with E-state index in [2.05, 4.69) is 60.4 Å². The molecule has 1 aliphatic heterocycles. The Kier molecular flexibility index (Phi) is 10.2. The van der Waals surface area contributed by atoms with Crippen molar-refractivity contribution in [3.05, 3.63) is 95.6 Å². The zero-order valence-corrected chi connectivity index (χ0v) is 24.4. The number of benzene rings is 3. The summed E-state index contributed by atoms with van der Waals surface area (Å²) in [4.78, 5) is 2.42. The lowest BCUT2D eigenvalue weighted by Gasteiger charge is -2.29. The monoisotopic (exact) mass is 546 g/mol. The molecule has 1 heterocycles. The predicted octanol–water partition coefficient (Wildman–Crippen LogP) is 7.10. The summed E-state index contributed by atoms with van der Waals surface area (Å²) in [6, 6.07) is 26.6. The van der Waals surface area contributed by atoms with Crippen molar-refractivity contribution >= 4 is 26.9 Å². The highest BCUT2D eigenvalue weighted by molar-refractivity contribution is 7.92. The number of methoxy groups -OCH3 is 1. The summed E-state index contributed by atoms with van der Waals surface area (Å²) in [5.74, 6) is 0.830. The van der Waals surface area contributed by atoms with Crippen LogP contribution in [0, 0.1) is 0 Å². The molecule has 4 rings (SSSR count). The molecule has 208 valence electrons. The molecular weight excluding hydrogens is 504 g/mol. The number of ether oxygens (including phenoxy) is 1. The van der Waals surface area contributed by atoms with Gasteiger partial charge in [-0.2, -0.15) is 0 Å². The average Bonchev–Trinajstić information content (AvgIpc) is 2.93. The molecule has 0 bridgehead atoms. The van der Waals surface area contributed by atoms with Gasteiger partial charge in [0.1, 0.15) is 5.75 Å². The van der Waals surface area contributed by atoms with Gasteiger partial charge in [0, 0.05) is 13.1 Å². The van der Waals surface area contributed by atoms with Crippen LogP contribution in [-0.2, 0) is 10.0 Å². The van der Waals surface area contributed by atoms with Crippen LogP contribution in [-0.4, -0.2) is 52.9 Å². The number of hydrogen-bond donors (Lipinski definition) is 0. The van der Waals surface area contributed by atoms with E-state index in [1.165, 1.54) is 43.9 Å². The van der Waals surface area contributed by atoms with Crippen LogP contribution in [0.2, 0.25) is 0 Å². The number of hydrogen-bond acceptors (Lipinski definition) is 4. The van der Waals surface area contributed by atoms with Crippen LogP contribution in [0.4, 0.5) is 5.69 Å². The molecule has 3 aromatic rings. The second-order valence-corrected chi connectivity index (χ2v) is 12.2. The Morgan fingerprint density at radius 2 is 1.36 bits per heavy atom. The quantitative estimate of drug-likeness (QED) is 0.255. The summed E-state index contributed by atoms with van der Waals surface area (Å²) in [6.45, 7) is 5.49. The lowest BCUT2D eigenvalue weighted by atomic mass is 9.88. The van der Waals surface area contributed by atoms with E-state index in [9.17, 15) is 8.42 Å². The summed E-state index contributed by atoms with van der Waals surface area (Å²) >= 11 is 0. The fourth-order valence-electron chi connectivity index (χ4n) is 5.49. The zero-order chi connectivity index (χ0) is 27.7. The maximum atomic E-state index is 12.8. The normalized spacial score (nSPS) is 15.7. The van der Waals surface area contributed by atoms with Crippen molar-refractivity contribution in [2.75, 3.05) is 43.8 Å². The minimum absolute atomic E-state index is 0.464. The standard InChI is InChI=1S/C33H42N2O3S/c1-4-32(27-17-21-31(38-2)22-18-27)33(28-13-9-8-10-14-28)29-15-19-30(20-16-29)35(39(3,36)37)26-25-34-23-11-6-5-7-12-24-34/h8-10,13-22H,4-7,11-12,23-26H2,1-3H3. The Labute approximate surface area is 235 Å². The number of sulfonamides is 1. The SMILES string of the molecule is CCC(=C(c1ccccc1)c1ccc(N(CCN2CCCCCCC2)S(C)(=O)=O)cc1)c1ccc(OC)cc1. The van der Waals surface area contributed by atoms with Crippen LogP contribution in [0.15, 0.2) is 78.9 Å². The average molecular weight is 547 g/mol. The van der Waals surface area contributed by atoms with Crippen LogP contribution in [0.5, 0.6) is 5.75 Å². The molecule has 0 amide bonds. The fraction of sp³-hybridized carbons (Fsp3) is 0.394. The molecule has 5 nitrogen and oxygen atoms in total. The topological polar surface area (TPSA) is 49.9 Å². The molecule has 0 N–H and O–H groups in total. The van der Waals surface area contributed by atoms with Gasteiger partial charge < -0.3 is 9.64 Å². The van der Waals surface area contributed by atoms with Gasteiger partial charge in [0.2, 0.25) is 10.0 Å². The Morgan fingerprint density at radius 1 is 0.795 bits per heavy atom. The van der Waals surface area contributed by atoms with Crippen molar-refractivity contribution < 1.29 is 13.2 Å². The second-order valence-electron chi connectivity index (χ2n) is 10.3. The van der Waals surface area contributed by atoms with Gasteiger partial charge in [0.15, 0.2) is 0 Å². The van der Waals surface area contributed by atoms with Crippen LogP contribution in [0.25, 0.3) is 11.1 Å². The van der Waals surface area contributed by atoms with E-state index in [0.717, 1.165) is 54.1 Å². The van der Waals surface area contributed by atoms with Crippen molar-refractivity contribution in [2.24, 2.45) is 0 Å². The highest BCUT2D eigenvalue weighted by Gasteiger charge is 2.20. The van der Waals surface area contributed by atoms with Gasteiger partial charge in [0.05, 0.1) is 19.1 Å². The van der Waals surface area contributed by atoms with Crippen LogP contribution >= 0.6 is 0 Å². The van der Waals surface area contributed by atoms with Crippen molar-refractivity contribution in [1.82, 2.24) is 4.90 Å². The lowest BCUT2D eigenvalue weighted by molar-refractivity contribution is 0.254. The first kappa shape index (κ1) is 28.9. The van der Waals surface area contributed by atoms with Crippen LogP contribution in [0.1, 0.15) is 62.1 Å². The molecule has 1 fully saturated rings. The van der Waals surface area contributed by atoms with Crippen molar-refractivity contribution in [2.45, 2.75) is 45.4 Å². The number of nitrogens with zero attached hydrogens (tertiary/aromatic N) is 2. The van der Waals surface area contributed by atoms with E-state index in [-0.39, 0.29) is 0 Å². The summed E-state index contributed by atoms with van der Waals surface area (Å²) in [7, 11) is -1.73. The summed E-state index contributed by atoms with van der Waals surface area (Å²) < 4.78 is 32.6. The largest absolute Gasteiger partial charge is 0.497 e. The van der Waals surface area contributed by atoms with E-state index in [1.807, 2.05) is 30.3 Å². The van der Waals surface area contributed by atoms with E-state index in [1.54, 1.807) is 11.4 Å². The molecular formula is C33H42N2O3S. The zero-order valence-electron chi connectivity index (χ0n) is 23.6. The maximum Gasteiger partial charge on any atom is 0.232 e. The van der Waals surface area contributed by atoms with E-state index in [0.29, 0.717) is 12.2 Å². The first-order valence-electron chi connectivity index (χ1n) is 14.1. The van der Waals surface area contributed by atoms with Gasteiger partial charge in [0.25, 0.3) is 0 Å². The van der Waals surface area contributed by atoms with E-state index < -0.39 is 10.0 Å². The van der Waals surface area contributed by atoms with Gasteiger partial charge in [-0.1, -0.05) is 80.8 Å². The number of anilines is 1. The third-order valence-electron chi connectivity index (χ3n) is 7.57. The van der Waals surface area contributed by atoms with Gasteiger partial charge in [-0.15, -0.1) is 0 Å². The Bertz CT molecular complexity index is 1310. The summed E-state index contributed by atoms with van der Waals surface area (Å²) in [5.41, 5.74) is 6.44. The summed E-state index contributed by atoms with van der Waals surface area (Å²) in [6.07, 6.45) is 8.38. The second kappa shape index (κ2) is 13.8. The first-order chi connectivity index (χ1) is 18.9. The van der Waals surface area contributed by atoms with E-state index in [4.69, 9.17) is 4.74 Å². The number of rotatable bonds is 10. The van der Waals surface area contributed by atoms with E-state index >= 15 is 0 Å². The molecule has 1 aliphatic rings. The van der Waals surface area contributed by atoms with Crippen LogP contribution < -0.4 is 9.04 Å². The third-order valence-corrected chi connectivity index (χ3v) is 8.76. The lowest BCUT2D eigenvalue weighted by Crippen LogP contribution is -2.39. The Balaban J connectivity index is 1.67. The molecule has 0 atom stereocenters. The molecule has 39 heavy (non-hydrogen) atoms. The Hall–Kier alpha value is -3.09.